The highest BCUT2D eigenvalue weighted by atomic mass is 19.2. The van der Waals surface area contributed by atoms with Gasteiger partial charge < -0.3 is 20.7 Å². The lowest BCUT2D eigenvalue weighted by Gasteiger charge is -2.20. The van der Waals surface area contributed by atoms with E-state index in [0.717, 1.165) is 5.56 Å². The number of hydrogen-bond donors (Lipinski definition) is 3. The van der Waals surface area contributed by atoms with Crippen LogP contribution in [0.5, 0.6) is 5.75 Å². The average molecular weight is 354 g/mol. The Hall–Kier alpha value is -1.38. The molecule has 0 aromatic heterocycles. The van der Waals surface area contributed by atoms with Gasteiger partial charge in [0.1, 0.15) is 37.8 Å². The van der Waals surface area contributed by atoms with Crippen molar-refractivity contribution in [3.05, 3.63) is 29.8 Å². The van der Waals surface area contributed by atoms with E-state index in [4.69, 9.17) is 4.74 Å². The van der Waals surface area contributed by atoms with Crippen LogP contribution >= 0.6 is 0 Å². The molecule has 0 fully saturated rings. The quantitative estimate of drug-likeness (QED) is 0.518. The zero-order valence-electron chi connectivity index (χ0n) is 13.3. The molecule has 3 atom stereocenters. The Morgan fingerprint density at radius 3 is 2.12 bits per heavy atom. The van der Waals surface area contributed by atoms with Crippen LogP contribution in [-0.2, 0) is 6.42 Å². The number of hydrogen-bond acceptors (Lipinski definition) is 3. The number of aliphatic hydroxyl groups excluding tert-OH is 2. The third-order valence-electron chi connectivity index (χ3n) is 3.79. The summed E-state index contributed by atoms with van der Waals surface area (Å²) in [4.78, 5) is 0. The molecule has 4 nitrogen and oxygen atoms in total. The second kappa shape index (κ2) is 9.80. The Balaban J connectivity index is 2.47. The normalized spacial score (nSPS) is 15.8. The van der Waals surface area contributed by atoms with Crippen LogP contribution in [0.3, 0.4) is 0 Å². The number of quaternary nitrogens is 1. The topological polar surface area (TPSA) is 77.3 Å². The van der Waals surface area contributed by atoms with E-state index in [9.17, 15) is 27.8 Å². The molecular formula is C16H24F4NO3+. The minimum Gasteiger partial charge on any atom is -0.490 e. The third-order valence-corrected chi connectivity index (χ3v) is 3.79. The fraction of sp³-hybridized carbons (Fsp3) is 0.625. The van der Waals surface area contributed by atoms with E-state index in [2.05, 4.69) is 5.73 Å². The van der Waals surface area contributed by atoms with E-state index in [1.165, 1.54) is 0 Å². The van der Waals surface area contributed by atoms with Crippen molar-refractivity contribution in [2.24, 2.45) is 0 Å². The number of aliphatic hydroxyl groups is 2. The number of rotatable bonds is 11. The highest BCUT2D eigenvalue weighted by Crippen LogP contribution is 2.18. The van der Waals surface area contributed by atoms with E-state index >= 15 is 0 Å². The Morgan fingerprint density at radius 1 is 1.04 bits per heavy atom. The van der Waals surface area contributed by atoms with Gasteiger partial charge in [-0.3, -0.25) is 0 Å². The van der Waals surface area contributed by atoms with Gasteiger partial charge >= 0.3 is 0 Å². The number of aryl methyl sites for hydroxylation is 1. The maximum atomic E-state index is 13.4. The van der Waals surface area contributed by atoms with Gasteiger partial charge in [0.25, 0.3) is 0 Å². The molecule has 0 unspecified atom stereocenters. The van der Waals surface area contributed by atoms with Gasteiger partial charge in [0.05, 0.1) is 0 Å². The van der Waals surface area contributed by atoms with Gasteiger partial charge in [0.2, 0.25) is 0 Å². The van der Waals surface area contributed by atoms with E-state index in [1.54, 1.807) is 24.3 Å². The lowest BCUT2D eigenvalue weighted by Crippen LogP contribution is -2.76. The zero-order valence-corrected chi connectivity index (χ0v) is 13.3. The van der Waals surface area contributed by atoms with Gasteiger partial charge in [-0.15, -0.1) is 0 Å². The molecule has 5 N–H and O–H groups in total. The summed E-state index contributed by atoms with van der Waals surface area (Å²) in [7, 11) is 0. The van der Waals surface area contributed by atoms with Crippen LogP contribution in [0.15, 0.2) is 24.3 Å². The minimum atomic E-state index is -2.56. The lowest BCUT2D eigenvalue weighted by atomic mass is 9.94. The monoisotopic (exact) mass is 354 g/mol. The first-order valence-corrected chi connectivity index (χ1v) is 7.62. The molecule has 0 saturated heterocycles. The van der Waals surface area contributed by atoms with Crippen molar-refractivity contribution in [2.45, 2.75) is 36.9 Å². The molecule has 0 saturated carbocycles. The molecule has 1 rings (SSSR count). The summed E-state index contributed by atoms with van der Waals surface area (Å²) in [6, 6.07) is 6.48. The standard InChI is InChI=1S/C16H23F4NO3/c17-7-13(18)15(20)14(19)8-24-12-3-1-11(2-4-12)5-6-16(21,9-22)10-23/h1-4,13-15,22-23H,5-10,21H2/p+1/t13-,14-,15-/m0/s1. The first kappa shape index (κ1) is 20.7. The number of alkyl halides is 4. The van der Waals surface area contributed by atoms with Crippen molar-refractivity contribution in [1.29, 1.82) is 0 Å². The van der Waals surface area contributed by atoms with Crippen molar-refractivity contribution in [2.75, 3.05) is 26.5 Å². The van der Waals surface area contributed by atoms with Crippen molar-refractivity contribution >= 4 is 0 Å². The van der Waals surface area contributed by atoms with Crippen LogP contribution in [0, 0.1) is 0 Å². The van der Waals surface area contributed by atoms with Gasteiger partial charge in [0.15, 0.2) is 18.5 Å². The first-order chi connectivity index (χ1) is 11.3. The van der Waals surface area contributed by atoms with Crippen LogP contribution in [-0.4, -0.2) is 60.8 Å². The SMILES string of the molecule is [NH3+]C(CO)(CO)CCc1ccc(OC[C@H](F)[C@@H](F)[C@@H](F)CF)cc1. The van der Waals surface area contributed by atoms with Crippen molar-refractivity contribution < 1.29 is 38.2 Å². The summed E-state index contributed by atoms with van der Waals surface area (Å²) in [5.74, 6) is 0.273. The molecule has 24 heavy (non-hydrogen) atoms. The molecule has 1 aromatic rings. The Morgan fingerprint density at radius 2 is 1.62 bits per heavy atom. The summed E-state index contributed by atoms with van der Waals surface area (Å²) >= 11 is 0. The van der Waals surface area contributed by atoms with Gasteiger partial charge in [-0.25, -0.2) is 17.6 Å². The molecule has 0 radical (unpaired) electrons. The smallest absolute Gasteiger partial charge is 0.168 e. The van der Waals surface area contributed by atoms with Crippen LogP contribution < -0.4 is 10.5 Å². The zero-order chi connectivity index (χ0) is 18.2. The predicted octanol–water partition coefficient (Wildman–Crippen LogP) is 0.947. The second-order valence-corrected chi connectivity index (χ2v) is 5.90. The van der Waals surface area contributed by atoms with Crippen LogP contribution in [0.25, 0.3) is 0 Å². The first-order valence-electron chi connectivity index (χ1n) is 7.62. The highest BCUT2D eigenvalue weighted by molar-refractivity contribution is 5.27. The Labute approximate surface area is 138 Å². The lowest BCUT2D eigenvalue weighted by molar-refractivity contribution is -0.491. The predicted molar refractivity (Wildman–Crippen MR) is 80.7 cm³/mol. The molecule has 0 heterocycles. The van der Waals surface area contributed by atoms with Crippen molar-refractivity contribution in [3.63, 3.8) is 0 Å². The molecular weight excluding hydrogens is 330 g/mol. The number of halogens is 4. The maximum Gasteiger partial charge on any atom is 0.168 e. The molecule has 0 spiro atoms. The summed E-state index contributed by atoms with van der Waals surface area (Å²) < 4.78 is 56.2. The molecule has 138 valence electrons. The summed E-state index contributed by atoms with van der Waals surface area (Å²) in [6.45, 7) is -2.76. The van der Waals surface area contributed by atoms with Gasteiger partial charge in [-0.2, -0.15) is 0 Å². The van der Waals surface area contributed by atoms with Crippen molar-refractivity contribution in [1.82, 2.24) is 0 Å². The molecule has 8 heteroatoms. The Bertz CT molecular complexity index is 471. The summed E-state index contributed by atoms with van der Waals surface area (Å²) in [6.07, 6.45) is -6.28. The fourth-order valence-electron chi connectivity index (χ4n) is 1.95. The molecule has 1 aromatic carbocycles. The Kier molecular flexibility index (Phi) is 8.44. The van der Waals surface area contributed by atoms with E-state index in [0.29, 0.717) is 12.8 Å². The van der Waals surface area contributed by atoms with E-state index in [1.807, 2.05) is 0 Å². The van der Waals surface area contributed by atoms with Crippen LogP contribution in [0.4, 0.5) is 17.6 Å². The average Bonchev–Trinajstić information content (AvgIpc) is 2.63. The molecule has 0 bridgehead atoms. The maximum absolute atomic E-state index is 13.4. The number of benzene rings is 1. The largest absolute Gasteiger partial charge is 0.490 e. The van der Waals surface area contributed by atoms with Gasteiger partial charge in [-0.1, -0.05) is 12.1 Å². The third kappa shape index (κ3) is 6.26. The van der Waals surface area contributed by atoms with Crippen molar-refractivity contribution in [3.8, 4) is 5.75 Å². The molecule has 0 aliphatic rings. The highest BCUT2D eigenvalue weighted by Gasteiger charge is 2.30. The van der Waals surface area contributed by atoms with Crippen LogP contribution in [0.1, 0.15) is 12.0 Å². The molecule has 0 amide bonds. The summed E-state index contributed by atoms with van der Waals surface area (Å²) in [5, 5.41) is 18.3. The van der Waals surface area contributed by atoms with E-state index < -0.39 is 37.3 Å². The minimum absolute atomic E-state index is 0.235. The molecule has 0 aliphatic carbocycles. The van der Waals surface area contributed by atoms with Gasteiger partial charge in [-0.05, 0) is 24.1 Å². The van der Waals surface area contributed by atoms with Crippen LogP contribution in [0.2, 0.25) is 0 Å². The number of ether oxygens (including phenoxy) is 1. The fourth-order valence-corrected chi connectivity index (χ4v) is 1.95. The molecule has 0 aliphatic heterocycles. The summed E-state index contributed by atoms with van der Waals surface area (Å²) in [5.41, 5.74) is 3.84. The second-order valence-electron chi connectivity index (χ2n) is 5.90. The van der Waals surface area contributed by atoms with E-state index in [-0.39, 0.29) is 19.0 Å². The van der Waals surface area contributed by atoms with Gasteiger partial charge in [0, 0.05) is 6.42 Å².